The molecule has 0 aliphatic rings. The molecule has 0 bridgehead atoms. The van der Waals surface area contributed by atoms with Crippen molar-refractivity contribution in [2.24, 2.45) is 0 Å². The van der Waals surface area contributed by atoms with Gasteiger partial charge in [-0.1, -0.05) is 13.3 Å². The van der Waals surface area contributed by atoms with Gasteiger partial charge in [-0.05, 0) is 68.3 Å². The molecule has 0 spiro atoms. The van der Waals surface area contributed by atoms with Crippen LogP contribution < -0.4 is 15.2 Å². The molecular weight excluding hydrogens is 326 g/mol. The second kappa shape index (κ2) is 9.66. The van der Waals surface area contributed by atoms with Gasteiger partial charge in [0.25, 0.3) is 0 Å². The minimum absolute atomic E-state index is 0.0709. The maximum atomic E-state index is 12.4. The molecule has 0 saturated heterocycles. The molecule has 2 rings (SSSR count). The number of nitrogen functional groups attached to an aromatic ring is 1. The zero-order valence-corrected chi connectivity index (χ0v) is 15.7. The summed E-state index contributed by atoms with van der Waals surface area (Å²) in [6, 6.07) is 10.9. The number of nitrogens with two attached hydrogens (primary N) is 1. The smallest absolute Gasteiger partial charge is 0.185 e. The Labute approximate surface area is 155 Å². The van der Waals surface area contributed by atoms with Crippen LogP contribution >= 0.6 is 0 Å². The average molecular weight is 353 g/mol. The van der Waals surface area contributed by atoms with Gasteiger partial charge in [-0.3, -0.25) is 4.79 Å². The summed E-state index contributed by atoms with van der Waals surface area (Å²) in [6.45, 7) is 7.19. The fourth-order valence-corrected chi connectivity index (χ4v) is 2.70. The number of ether oxygens (including phenoxy) is 2. The highest BCUT2D eigenvalue weighted by Crippen LogP contribution is 2.31. The van der Waals surface area contributed by atoms with Crippen molar-refractivity contribution in [3.63, 3.8) is 0 Å². The summed E-state index contributed by atoms with van der Waals surface area (Å²) in [5.41, 5.74) is 8.91. The van der Waals surface area contributed by atoms with Crippen LogP contribution in [0.5, 0.6) is 11.5 Å². The Morgan fingerprint density at radius 2 is 1.65 bits per heavy atom. The molecule has 4 heteroatoms. The Balaban J connectivity index is 2.34. The molecule has 0 aromatic heterocycles. The highest BCUT2D eigenvalue weighted by Gasteiger charge is 2.11. The molecule has 0 heterocycles. The molecule has 0 aliphatic carbocycles. The lowest BCUT2D eigenvalue weighted by atomic mass is 10.0. The van der Waals surface area contributed by atoms with E-state index in [-0.39, 0.29) is 5.78 Å². The van der Waals surface area contributed by atoms with E-state index in [2.05, 4.69) is 6.92 Å². The number of carbonyl (C=O) groups is 1. The van der Waals surface area contributed by atoms with Crippen LogP contribution in [0.2, 0.25) is 0 Å². The number of carbonyl (C=O) groups excluding carboxylic acids is 1. The van der Waals surface area contributed by atoms with Crippen LogP contribution in [0.25, 0.3) is 6.08 Å². The summed E-state index contributed by atoms with van der Waals surface area (Å²) in [4.78, 5) is 12.4. The molecule has 0 amide bonds. The first kappa shape index (κ1) is 19.6. The quantitative estimate of drug-likeness (QED) is 0.395. The van der Waals surface area contributed by atoms with Gasteiger partial charge in [-0.25, -0.2) is 0 Å². The van der Waals surface area contributed by atoms with E-state index in [1.165, 1.54) is 0 Å². The van der Waals surface area contributed by atoms with Crippen molar-refractivity contribution in [2.75, 3.05) is 18.9 Å². The molecule has 2 N–H and O–H groups in total. The van der Waals surface area contributed by atoms with Crippen molar-refractivity contribution in [3.05, 3.63) is 59.2 Å². The number of ketones is 1. The second-order valence-electron chi connectivity index (χ2n) is 5.93. The van der Waals surface area contributed by atoms with Gasteiger partial charge in [0.2, 0.25) is 0 Å². The van der Waals surface area contributed by atoms with Crippen LogP contribution in [-0.2, 0) is 6.42 Å². The van der Waals surface area contributed by atoms with Gasteiger partial charge >= 0.3 is 0 Å². The molecule has 0 radical (unpaired) electrons. The van der Waals surface area contributed by atoms with Gasteiger partial charge < -0.3 is 15.2 Å². The summed E-state index contributed by atoms with van der Waals surface area (Å²) >= 11 is 0. The van der Waals surface area contributed by atoms with Crippen LogP contribution in [0.1, 0.15) is 48.7 Å². The summed E-state index contributed by atoms with van der Waals surface area (Å²) in [7, 11) is 0. The first-order valence-corrected chi connectivity index (χ1v) is 9.09. The van der Waals surface area contributed by atoms with Crippen molar-refractivity contribution in [3.8, 4) is 11.5 Å². The third-order valence-electron chi connectivity index (χ3n) is 3.92. The van der Waals surface area contributed by atoms with Gasteiger partial charge in [0.15, 0.2) is 5.78 Å². The highest BCUT2D eigenvalue weighted by atomic mass is 16.5. The van der Waals surface area contributed by atoms with Crippen molar-refractivity contribution in [1.29, 1.82) is 0 Å². The fourth-order valence-electron chi connectivity index (χ4n) is 2.70. The second-order valence-corrected chi connectivity index (χ2v) is 5.93. The minimum Gasteiger partial charge on any atom is -0.493 e. The topological polar surface area (TPSA) is 61.6 Å². The fraction of sp³-hybridized carbons (Fsp3) is 0.318. The lowest BCUT2D eigenvalue weighted by Gasteiger charge is -2.15. The first-order valence-electron chi connectivity index (χ1n) is 9.09. The van der Waals surface area contributed by atoms with Crippen LogP contribution in [0, 0.1) is 0 Å². The predicted molar refractivity (Wildman–Crippen MR) is 107 cm³/mol. The molecule has 4 nitrogen and oxygen atoms in total. The standard InChI is InChI=1S/C22H27NO3/c1-4-7-17-14-18(22(26-6-3)15-21(17)25-5-2)10-13-20(24)16-8-11-19(23)12-9-16/h8-15H,4-7,23H2,1-3H3. The van der Waals surface area contributed by atoms with E-state index in [0.29, 0.717) is 24.5 Å². The Morgan fingerprint density at radius 1 is 1.00 bits per heavy atom. The van der Waals surface area contributed by atoms with Gasteiger partial charge in [0.05, 0.1) is 13.2 Å². The van der Waals surface area contributed by atoms with Crippen molar-refractivity contribution >= 4 is 17.5 Å². The van der Waals surface area contributed by atoms with E-state index in [9.17, 15) is 4.79 Å². The van der Waals surface area contributed by atoms with Gasteiger partial charge in [0, 0.05) is 22.9 Å². The lowest BCUT2D eigenvalue weighted by Crippen LogP contribution is -2.01. The number of hydrogen-bond donors (Lipinski definition) is 1. The number of hydrogen-bond acceptors (Lipinski definition) is 4. The molecular formula is C22H27NO3. The molecule has 2 aromatic rings. The van der Waals surface area contributed by atoms with E-state index >= 15 is 0 Å². The molecule has 2 aromatic carbocycles. The van der Waals surface area contributed by atoms with E-state index in [0.717, 1.165) is 35.5 Å². The predicted octanol–water partition coefficient (Wildman–Crippen LogP) is 4.91. The zero-order chi connectivity index (χ0) is 18.9. The molecule has 0 unspecified atom stereocenters. The van der Waals surface area contributed by atoms with Crippen LogP contribution in [0.15, 0.2) is 42.5 Å². The molecule has 0 aliphatic heterocycles. The Bertz CT molecular complexity index is 764. The monoisotopic (exact) mass is 353 g/mol. The third kappa shape index (κ3) is 5.12. The number of allylic oxidation sites excluding steroid dienone is 1. The largest absolute Gasteiger partial charge is 0.493 e. The van der Waals surface area contributed by atoms with Crippen molar-refractivity contribution < 1.29 is 14.3 Å². The lowest BCUT2D eigenvalue weighted by molar-refractivity contribution is 0.104. The molecule has 0 atom stereocenters. The summed E-state index contributed by atoms with van der Waals surface area (Å²) in [5.74, 6) is 1.50. The average Bonchev–Trinajstić information content (AvgIpc) is 2.63. The number of rotatable bonds is 9. The summed E-state index contributed by atoms with van der Waals surface area (Å²) in [6.07, 6.45) is 5.30. The van der Waals surface area contributed by atoms with Gasteiger partial charge in [0.1, 0.15) is 11.5 Å². The Hall–Kier alpha value is -2.75. The third-order valence-corrected chi connectivity index (χ3v) is 3.92. The summed E-state index contributed by atoms with van der Waals surface area (Å²) in [5, 5.41) is 0. The summed E-state index contributed by atoms with van der Waals surface area (Å²) < 4.78 is 11.5. The van der Waals surface area contributed by atoms with E-state index in [1.807, 2.05) is 26.0 Å². The SMILES string of the molecule is CCCc1cc(C=CC(=O)c2ccc(N)cc2)c(OCC)cc1OCC. The highest BCUT2D eigenvalue weighted by molar-refractivity contribution is 6.07. The molecule has 0 saturated carbocycles. The van der Waals surface area contributed by atoms with Crippen molar-refractivity contribution in [2.45, 2.75) is 33.6 Å². The van der Waals surface area contributed by atoms with Gasteiger partial charge in [-0.15, -0.1) is 0 Å². The van der Waals surface area contributed by atoms with Crippen LogP contribution in [0.4, 0.5) is 5.69 Å². The van der Waals surface area contributed by atoms with Crippen LogP contribution in [0.3, 0.4) is 0 Å². The minimum atomic E-state index is -0.0709. The van der Waals surface area contributed by atoms with Gasteiger partial charge in [-0.2, -0.15) is 0 Å². The number of benzene rings is 2. The van der Waals surface area contributed by atoms with E-state index in [1.54, 1.807) is 36.4 Å². The molecule has 26 heavy (non-hydrogen) atoms. The molecule has 0 fully saturated rings. The maximum absolute atomic E-state index is 12.4. The molecule has 138 valence electrons. The number of aryl methyl sites for hydroxylation is 1. The zero-order valence-electron chi connectivity index (χ0n) is 15.7. The maximum Gasteiger partial charge on any atom is 0.185 e. The first-order chi connectivity index (χ1) is 12.6. The van der Waals surface area contributed by atoms with E-state index < -0.39 is 0 Å². The number of anilines is 1. The normalized spacial score (nSPS) is 10.9. The van der Waals surface area contributed by atoms with Crippen molar-refractivity contribution in [1.82, 2.24) is 0 Å². The Morgan fingerprint density at radius 3 is 2.27 bits per heavy atom. The van der Waals surface area contributed by atoms with Crippen LogP contribution in [-0.4, -0.2) is 19.0 Å². The Kier molecular flexibility index (Phi) is 7.27. The van der Waals surface area contributed by atoms with E-state index in [4.69, 9.17) is 15.2 Å².